The molecule has 2 rings (SSSR count). The number of benzene rings is 1. The van der Waals surface area contributed by atoms with Crippen LogP contribution in [0.4, 0.5) is 0 Å². The predicted octanol–water partition coefficient (Wildman–Crippen LogP) is 4.76. The van der Waals surface area contributed by atoms with E-state index in [9.17, 15) is 0 Å². The number of rotatable bonds is 7. The summed E-state index contributed by atoms with van der Waals surface area (Å²) in [6.45, 7) is 11.7. The van der Waals surface area contributed by atoms with Crippen LogP contribution in [0.1, 0.15) is 62.6 Å². The van der Waals surface area contributed by atoms with Crippen LogP contribution in [0.5, 0.6) is 5.75 Å². The highest BCUT2D eigenvalue weighted by atomic mass is 16.6. The Kier molecular flexibility index (Phi) is 5.09. The lowest BCUT2D eigenvalue weighted by atomic mass is 9.87. The minimum atomic E-state index is 0.456. The van der Waals surface area contributed by atoms with Crippen LogP contribution in [-0.2, 0) is 4.74 Å². The molecule has 3 unspecified atom stereocenters. The lowest BCUT2D eigenvalue weighted by Gasteiger charge is -2.19. The first-order valence-electron chi connectivity index (χ1n) is 7.96. The normalized spacial score (nSPS) is 22.6. The van der Waals surface area contributed by atoms with Crippen molar-refractivity contribution in [3.63, 3.8) is 0 Å². The van der Waals surface area contributed by atoms with Crippen molar-refractivity contribution < 1.29 is 9.47 Å². The summed E-state index contributed by atoms with van der Waals surface area (Å²) >= 11 is 0. The number of hydrogen-bond acceptors (Lipinski definition) is 2. The predicted molar refractivity (Wildman–Crippen MR) is 83.7 cm³/mol. The smallest absolute Gasteiger partial charge is 0.122 e. The summed E-state index contributed by atoms with van der Waals surface area (Å²) in [6.07, 6.45) is 4.29. The molecule has 2 heteroatoms. The highest BCUT2D eigenvalue weighted by Crippen LogP contribution is 2.37. The summed E-state index contributed by atoms with van der Waals surface area (Å²) in [6, 6.07) is 4.53. The van der Waals surface area contributed by atoms with Gasteiger partial charge >= 0.3 is 0 Å². The molecule has 1 saturated heterocycles. The molecule has 1 aliphatic heterocycles. The molecule has 1 aliphatic rings. The van der Waals surface area contributed by atoms with Crippen molar-refractivity contribution in [2.24, 2.45) is 0 Å². The molecule has 0 N–H and O–H groups in total. The van der Waals surface area contributed by atoms with Crippen molar-refractivity contribution >= 4 is 0 Å². The van der Waals surface area contributed by atoms with Crippen LogP contribution in [0.2, 0.25) is 0 Å². The fraction of sp³-hybridized carbons (Fsp3) is 0.667. The molecule has 2 nitrogen and oxygen atoms in total. The summed E-state index contributed by atoms with van der Waals surface area (Å²) in [5.41, 5.74) is 4.07. The molecule has 112 valence electrons. The van der Waals surface area contributed by atoms with Gasteiger partial charge in [-0.1, -0.05) is 19.9 Å². The monoisotopic (exact) mass is 276 g/mol. The number of aryl methyl sites for hydroxylation is 2. The van der Waals surface area contributed by atoms with Crippen LogP contribution in [-0.4, -0.2) is 18.8 Å². The Morgan fingerprint density at radius 1 is 1.20 bits per heavy atom. The Balaban J connectivity index is 2.15. The van der Waals surface area contributed by atoms with E-state index in [1.807, 2.05) is 0 Å². The van der Waals surface area contributed by atoms with Gasteiger partial charge < -0.3 is 9.47 Å². The molecule has 0 radical (unpaired) electrons. The van der Waals surface area contributed by atoms with E-state index in [1.165, 1.54) is 23.1 Å². The van der Waals surface area contributed by atoms with Crippen LogP contribution in [0, 0.1) is 13.8 Å². The molecule has 1 aromatic carbocycles. The number of ether oxygens (including phenoxy) is 2. The third-order valence-corrected chi connectivity index (χ3v) is 4.31. The molecule has 0 amide bonds. The minimum absolute atomic E-state index is 0.456. The lowest BCUT2D eigenvalue weighted by Crippen LogP contribution is -2.06. The molecular weight excluding hydrogens is 248 g/mol. The average molecular weight is 276 g/mol. The van der Waals surface area contributed by atoms with Gasteiger partial charge in [0.2, 0.25) is 0 Å². The highest BCUT2D eigenvalue weighted by Gasteiger charge is 2.36. The SMILES string of the molecule is CCCOc1cc(C)c(C(CC)CC2OC2C)cc1C. The van der Waals surface area contributed by atoms with Gasteiger partial charge in [-0.05, 0) is 68.7 Å². The topological polar surface area (TPSA) is 21.8 Å². The molecule has 0 saturated carbocycles. The Morgan fingerprint density at radius 3 is 2.45 bits per heavy atom. The first-order valence-corrected chi connectivity index (χ1v) is 7.96. The molecule has 0 bridgehead atoms. The molecule has 1 heterocycles. The van der Waals surface area contributed by atoms with Crippen LogP contribution >= 0.6 is 0 Å². The zero-order valence-corrected chi connectivity index (χ0v) is 13.5. The van der Waals surface area contributed by atoms with Gasteiger partial charge in [0.15, 0.2) is 0 Å². The Labute approximate surface area is 123 Å². The molecule has 0 aromatic heterocycles. The van der Waals surface area contributed by atoms with Gasteiger partial charge in [0.05, 0.1) is 18.8 Å². The van der Waals surface area contributed by atoms with Crippen LogP contribution in [0.15, 0.2) is 12.1 Å². The zero-order chi connectivity index (χ0) is 14.7. The van der Waals surface area contributed by atoms with Crippen molar-refractivity contribution in [2.45, 2.75) is 72.0 Å². The maximum Gasteiger partial charge on any atom is 0.122 e. The van der Waals surface area contributed by atoms with E-state index in [2.05, 4.69) is 46.8 Å². The third-order valence-electron chi connectivity index (χ3n) is 4.31. The van der Waals surface area contributed by atoms with E-state index in [4.69, 9.17) is 9.47 Å². The highest BCUT2D eigenvalue weighted by molar-refractivity contribution is 5.43. The molecule has 20 heavy (non-hydrogen) atoms. The fourth-order valence-corrected chi connectivity index (χ4v) is 2.89. The summed E-state index contributed by atoms with van der Waals surface area (Å²) in [4.78, 5) is 0. The van der Waals surface area contributed by atoms with Gasteiger partial charge in [-0.2, -0.15) is 0 Å². The van der Waals surface area contributed by atoms with E-state index in [-0.39, 0.29) is 0 Å². The van der Waals surface area contributed by atoms with Crippen molar-refractivity contribution in [1.82, 2.24) is 0 Å². The van der Waals surface area contributed by atoms with Crippen molar-refractivity contribution in [1.29, 1.82) is 0 Å². The second-order valence-corrected chi connectivity index (χ2v) is 6.04. The Morgan fingerprint density at radius 2 is 1.90 bits per heavy atom. The van der Waals surface area contributed by atoms with Gasteiger partial charge in [-0.15, -0.1) is 0 Å². The first kappa shape index (κ1) is 15.4. The Hall–Kier alpha value is -1.02. The standard InChI is InChI=1S/C18H28O2/c1-6-8-19-17-10-12(3)16(9-13(17)4)15(7-2)11-18-14(5)20-18/h9-10,14-15,18H,6-8,11H2,1-5H3. The second kappa shape index (κ2) is 6.62. The maximum absolute atomic E-state index is 5.82. The number of epoxide rings is 1. The van der Waals surface area contributed by atoms with Crippen molar-refractivity contribution in [2.75, 3.05) is 6.61 Å². The van der Waals surface area contributed by atoms with E-state index in [0.29, 0.717) is 18.1 Å². The number of hydrogen-bond donors (Lipinski definition) is 0. The van der Waals surface area contributed by atoms with E-state index in [0.717, 1.165) is 25.2 Å². The molecule has 1 aromatic rings. The summed E-state index contributed by atoms with van der Waals surface area (Å²) in [5.74, 6) is 1.64. The van der Waals surface area contributed by atoms with Crippen molar-refractivity contribution in [3.8, 4) is 5.75 Å². The lowest BCUT2D eigenvalue weighted by molar-refractivity contribution is 0.315. The molecule has 3 atom stereocenters. The summed E-state index contributed by atoms with van der Waals surface area (Å²) in [5, 5.41) is 0. The van der Waals surface area contributed by atoms with Crippen LogP contribution in [0.3, 0.4) is 0 Å². The van der Waals surface area contributed by atoms with E-state index in [1.54, 1.807) is 0 Å². The van der Waals surface area contributed by atoms with Gasteiger partial charge in [0.1, 0.15) is 5.75 Å². The quantitative estimate of drug-likeness (QED) is 0.669. The minimum Gasteiger partial charge on any atom is -0.493 e. The summed E-state index contributed by atoms with van der Waals surface area (Å²) < 4.78 is 11.4. The fourth-order valence-electron chi connectivity index (χ4n) is 2.89. The average Bonchev–Trinajstić information content (AvgIpc) is 3.12. The third kappa shape index (κ3) is 3.54. The largest absolute Gasteiger partial charge is 0.493 e. The second-order valence-electron chi connectivity index (χ2n) is 6.04. The zero-order valence-electron chi connectivity index (χ0n) is 13.5. The van der Waals surface area contributed by atoms with Crippen LogP contribution in [0.25, 0.3) is 0 Å². The first-order chi connectivity index (χ1) is 9.56. The van der Waals surface area contributed by atoms with Gasteiger partial charge in [0.25, 0.3) is 0 Å². The van der Waals surface area contributed by atoms with Gasteiger partial charge in [-0.3, -0.25) is 0 Å². The molecule has 0 aliphatic carbocycles. The molecular formula is C18H28O2. The molecule has 1 fully saturated rings. The molecule has 0 spiro atoms. The van der Waals surface area contributed by atoms with Gasteiger partial charge in [-0.25, -0.2) is 0 Å². The van der Waals surface area contributed by atoms with E-state index >= 15 is 0 Å². The maximum atomic E-state index is 5.82. The van der Waals surface area contributed by atoms with Gasteiger partial charge in [0, 0.05) is 0 Å². The van der Waals surface area contributed by atoms with Crippen molar-refractivity contribution in [3.05, 3.63) is 28.8 Å². The van der Waals surface area contributed by atoms with E-state index < -0.39 is 0 Å². The summed E-state index contributed by atoms with van der Waals surface area (Å²) in [7, 11) is 0. The Bertz CT molecular complexity index is 453. The van der Waals surface area contributed by atoms with Crippen LogP contribution < -0.4 is 4.74 Å².